The molecular weight excluding hydrogens is 414 g/mol. The number of rotatable bonds is 5. The Kier molecular flexibility index (Phi) is 5.54. The van der Waals surface area contributed by atoms with Gasteiger partial charge in [-0.25, -0.2) is 9.97 Å². The standard InChI is InChI=1S/C16H17BrClN3O2S/c1-8-2-10(3-9(8)6-22)21-16-11(5-19-7-20-16)14(23)13-4-12(17)15(18)24-13/h4-5,7-10,22H,2-3,6H2,1H3,(H,19,20,21)/t8-,9+,10-/m0/s1. The second kappa shape index (κ2) is 7.47. The SMILES string of the molecule is C[C@H]1C[C@H](Nc2ncncc2C(=O)c2cc(Br)c(Cl)s2)C[C@@H]1CO. The van der Waals surface area contributed by atoms with Crippen molar-refractivity contribution in [2.45, 2.75) is 25.8 Å². The van der Waals surface area contributed by atoms with Gasteiger partial charge in [0.25, 0.3) is 0 Å². The van der Waals surface area contributed by atoms with E-state index in [1.165, 1.54) is 23.9 Å². The zero-order valence-electron chi connectivity index (χ0n) is 13.0. The second-order valence-electron chi connectivity index (χ2n) is 6.08. The maximum atomic E-state index is 12.8. The molecule has 0 spiro atoms. The minimum Gasteiger partial charge on any atom is -0.396 e. The third kappa shape index (κ3) is 3.64. The van der Waals surface area contributed by atoms with Gasteiger partial charge < -0.3 is 10.4 Å². The van der Waals surface area contributed by atoms with Crippen LogP contribution in [-0.4, -0.2) is 33.5 Å². The number of anilines is 1. The van der Waals surface area contributed by atoms with Crippen LogP contribution in [0.5, 0.6) is 0 Å². The number of aliphatic hydroxyl groups excluding tert-OH is 1. The first kappa shape index (κ1) is 17.8. The molecule has 2 heterocycles. The van der Waals surface area contributed by atoms with Crippen LogP contribution in [-0.2, 0) is 0 Å². The van der Waals surface area contributed by atoms with E-state index in [1.807, 2.05) is 0 Å². The molecule has 1 saturated carbocycles. The average molecular weight is 431 g/mol. The number of aliphatic hydroxyl groups is 1. The number of halogens is 2. The molecule has 0 amide bonds. The summed E-state index contributed by atoms with van der Waals surface area (Å²) in [5, 5.41) is 12.8. The molecule has 2 aromatic rings. The van der Waals surface area contributed by atoms with Gasteiger partial charge in [-0.2, -0.15) is 0 Å². The average Bonchev–Trinajstić information content (AvgIpc) is 3.09. The minimum absolute atomic E-state index is 0.152. The van der Waals surface area contributed by atoms with Crippen molar-refractivity contribution in [3.63, 3.8) is 0 Å². The van der Waals surface area contributed by atoms with Crippen molar-refractivity contribution in [3.8, 4) is 0 Å². The van der Waals surface area contributed by atoms with Gasteiger partial charge in [-0.3, -0.25) is 4.79 Å². The van der Waals surface area contributed by atoms with Crippen LogP contribution in [0, 0.1) is 11.8 Å². The molecule has 0 saturated heterocycles. The normalized spacial score (nSPS) is 23.4. The van der Waals surface area contributed by atoms with Gasteiger partial charge >= 0.3 is 0 Å². The second-order valence-corrected chi connectivity index (χ2v) is 8.59. The monoisotopic (exact) mass is 429 g/mol. The van der Waals surface area contributed by atoms with Crippen LogP contribution in [0.25, 0.3) is 0 Å². The Labute approximate surface area is 157 Å². The molecule has 2 aromatic heterocycles. The summed E-state index contributed by atoms with van der Waals surface area (Å²) in [5.41, 5.74) is 0.433. The van der Waals surface area contributed by atoms with Gasteiger partial charge in [0, 0.05) is 23.3 Å². The third-order valence-electron chi connectivity index (χ3n) is 4.45. The molecule has 2 N–H and O–H groups in total. The van der Waals surface area contributed by atoms with E-state index in [1.54, 1.807) is 6.07 Å². The fourth-order valence-corrected chi connectivity index (χ4v) is 4.76. The van der Waals surface area contributed by atoms with E-state index in [4.69, 9.17) is 11.6 Å². The largest absolute Gasteiger partial charge is 0.396 e. The van der Waals surface area contributed by atoms with Crippen LogP contribution < -0.4 is 5.32 Å². The number of nitrogens with zero attached hydrogens (tertiary/aromatic N) is 2. The number of carbonyl (C=O) groups is 1. The first-order valence-corrected chi connectivity index (χ1v) is 9.65. The number of aromatic nitrogens is 2. The number of hydrogen-bond donors (Lipinski definition) is 2. The van der Waals surface area contributed by atoms with Crippen LogP contribution in [0.3, 0.4) is 0 Å². The third-order valence-corrected chi connectivity index (χ3v) is 6.92. The summed E-state index contributed by atoms with van der Waals surface area (Å²) in [6.07, 6.45) is 4.77. The van der Waals surface area contributed by atoms with Crippen LogP contribution >= 0.6 is 38.9 Å². The molecule has 1 aliphatic rings. The topological polar surface area (TPSA) is 75.1 Å². The van der Waals surface area contributed by atoms with E-state index in [0.29, 0.717) is 31.0 Å². The van der Waals surface area contributed by atoms with Gasteiger partial charge in [0.1, 0.15) is 16.5 Å². The van der Waals surface area contributed by atoms with Crippen molar-refractivity contribution in [3.05, 3.63) is 37.8 Å². The van der Waals surface area contributed by atoms with Crippen molar-refractivity contribution < 1.29 is 9.90 Å². The van der Waals surface area contributed by atoms with E-state index in [-0.39, 0.29) is 24.3 Å². The summed E-state index contributed by atoms with van der Waals surface area (Å²) in [5.74, 6) is 1.11. The lowest BCUT2D eigenvalue weighted by molar-refractivity contribution is 0.104. The van der Waals surface area contributed by atoms with Crippen LogP contribution in [0.1, 0.15) is 35.0 Å². The van der Waals surface area contributed by atoms with Gasteiger partial charge in [-0.15, -0.1) is 11.3 Å². The molecule has 0 aromatic carbocycles. The van der Waals surface area contributed by atoms with E-state index < -0.39 is 0 Å². The molecule has 1 aliphatic carbocycles. The van der Waals surface area contributed by atoms with E-state index >= 15 is 0 Å². The molecule has 0 unspecified atom stereocenters. The van der Waals surface area contributed by atoms with Gasteiger partial charge in [-0.05, 0) is 46.7 Å². The lowest BCUT2D eigenvalue weighted by Crippen LogP contribution is -2.19. The quantitative estimate of drug-likeness (QED) is 0.701. The zero-order chi connectivity index (χ0) is 17.3. The Hall–Kier alpha value is -1.02. The summed E-state index contributed by atoms with van der Waals surface area (Å²) in [6.45, 7) is 2.33. The molecule has 5 nitrogen and oxygen atoms in total. The predicted molar refractivity (Wildman–Crippen MR) is 98.9 cm³/mol. The van der Waals surface area contributed by atoms with Crippen molar-refractivity contribution >= 4 is 50.5 Å². The van der Waals surface area contributed by atoms with E-state index in [2.05, 4.69) is 38.1 Å². The summed E-state index contributed by atoms with van der Waals surface area (Å²) in [6, 6.07) is 1.91. The first-order valence-electron chi connectivity index (χ1n) is 7.66. The van der Waals surface area contributed by atoms with E-state index in [9.17, 15) is 9.90 Å². The smallest absolute Gasteiger partial charge is 0.208 e. The number of hydrogen-bond acceptors (Lipinski definition) is 6. The Balaban J connectivity index is 1.82. The highest BCUT2D eigenvalue weighted by atomic mass is 79.9. The highest BCUT2D eigenvalue weighted by Crippen LogP contribution is 2.35. The molecule has 128 valence electrons. The molecular formula is C16H17BrClN3O2S. The van der Waals surface area contributed by atoms with Crippen molar-refractivity contribution in [2.75, 3.05) is 11.9 Å². The van der Waals surface area contributed by atoms with Gasteiger partial charge in [-0.1, -0.05) is 18.5 Å². The van der Waals surface area contributed by atoms with Gasteiger partial charge in [0.15, 0.2) is 0 Å². The molecule has 3 rings (SSSR count). The van der Waals surface area contributed by atoms with E-state index in [0.717, 1.165) is 12.8 Å². The lowest BCUT2D eigenvalue weighted by atomic mass is 10.00. The number of ketones is 1. The molecule has 3 atom stereocenters. The first-order chi connectivity index (χ1) is 11.5. The summed E-state index contributed by atoms with van der Waals surface area (Å²) >= 11 is 10.6. The van der Waals surface area contributed by atoms with Crippen LogP contribution in [0.15, 0.2) is 23.1 Å². The fraction of sp³-hybridized carbons (Fsp3) is 0.438. The summed E-state index contributed by atoms with van der Waals surface area (Å²) in [7, 11) is 0. The number of thiophene rings is 1. The molecule has 0 radical (unpaired) electrons. The fourth-order valence-electron chi connectivity index (χ4n) is 3.10. The van der Waals surface area contributed by atoms with Crippen molar-refractivity contribution in [1.29, 1.82) is 0 Å². The molecule has 0 bridgehead atoms. The number of carbonyl (C=O) groups excluding carboxylic acids is 1. The van der Waals surface area contributed by atoms with Gasteiger partial charge in [0.2, 0.25) is 5.78 Å². The van der Waals surface area contributed by atoms with Crippen molar-refractivity contribution in [1.82, 2.24) is 9.97 Å². The van der Waals surface area contributed by atoms with Crippen molar-refractivity contribution in [2.24, 2.45) is 11.8 Å². The molecule has 8 heteroatoms. The highest BCUT2D eigenvalue weighted by Gasteiger charge is 2.31. The predicted octanol–water partition coefficient (Wildman–Crippen LogP) is 4.00. The molecule has 0 aliphatic heterocycles. The Morgan fingerprint density at radius 3 is 2.96 bits per heavy atom. The summed E-state index contributed by atoms with van der Waals surface area (Å²) in [4.78, 5) is 21.5. The highest BCUT2D eigenvalue weighted by molar-refractivity contribution is 9.10. The molecule has 1 fully saturated rings. The van der Waals surface area contributed by atoms with Crippen LogP contribution in [0.2, 0.25) is 4.34 Å². The number of nitrogens with one attached hydrogen (secondary N) is 1. The maximum Gasteiger partial charge on any atom is 0.208 e. The van der Waals surface area contributed by atoms with Crippen LogP contribution in [0.4, 0.5) is 5.82 Å². The lowest BCUT2D eigenvalue weighted by Gasteiger charge is -2.15. The Morgan fingerprint density at radius 1 is 1.54 bits per heavy atom. The summed E-state index contributed by atoms with van der Waals surface area (Å²) < 4.78 is 1.25. The molecule has 24 heavy (non-hydrogen) atoms. The minimum atomic E-state index is -0.152. The Bertz CT molecular complexity index is 735. The Morgan fingerprint density at radius 2 is 2.33 bits per heavy atom. The van der Waals surface area contributed by atoms with Gasteiger partial charge in [0.05, 0.1) is 10.4 Å². The zero-order valence-corrected chi connectivity index (χ0v) is 16.2. The maximum absolute atomic E-state index is 12.8.